The van der Waals surface area contributed by atoms with Gasteiger partial charge < -0.3 is 14.3 Å². The van der Waals surface area contributed by atoms with Crippen LogP contribution in [-0.4, -0.2) is 38.0 Å². The molecule has 0 bridgehead atoms. The Bertz CT molecular complexity index is 87.8. The monoisotopic (exact) mass is 224 g/mol. The predicted octanol–water partition coefficient (Wildman–Crippen LogP) is 1.00. The topological polar surface area (TPSA) is 35.5 Å². The molecule has 0 fully saturated rings. The number of ether oxygens (including phenoxy) is 2. The quantitative estimate of drug-likeness (QED) is 0.351. The molecular weight excluding hydrogens is 212 g/mol. The highest BCUT2D eigenvalue weighted by atomic mass is 79.9. The molecule has 0 radical (unpaired) electrons. The van der Waals surface area contributed by atoms with Crippen LogP contribution < -0.4 is 0 Å². The molecule has 0 amide bonds. The van der Waals surface area contributed by atoms with Gasteiger partial charge in [0.2, 0.25) is 0 Å². The van der Waals surface area contributed by atoms with Gasteiger partial charge in [0, 0.05) is 11.8 Å². The maximum absolute atomic E-state index is 9.82. The van der Waals surface area contributed by atoms with Gasteiger partial charge in [-0.2, -0.15) is 0 Å². The highest BCUT2D eigenvalue weighted by Gasteiger charge is 1.87. The van der Waals surface area contributed by atoms with E-state index in [0.29, 0.717) is 32.8 Å². The zero-order valence-electron chi connectivity index (χ0n) is 6.42. The molecule has 0 aliphatic heterocycles. The van der Waals surface area contributed by atoms with Crippen molar-refractivity contribution in [3.05, 3.63) is 0 Å². The number of carbonyl (C=O) groups excluding carboxylic acids is 1. The fourth-order valence-electron chi connectivity index (χ4n) is 0.508. The first-order valence-corrected chi connectivity index (χ1v) is 4.69. The summed E-state index contributed by atoms with van der Waals surface area (Å²) in [7, 11) is 0. The van der Waals surface area contributed by atoms with Crippen LogP contribution in [0.3, 0.4) is 0 Å². The fraction of sp³-hybridized carbons (Fsp3) is 0.857. The largest absolute Gasteiger partial charge is 0.379 e. The van der Waals surface area contributed by atoms with E-state index in [1.165, 1.54) is 0 Å². The second-order valence-corrected chi connectivity index (χ2v) is 2.66. The molecule has 66 valence electrons. The van der Waals surface area contributed by atoms with E-state index in [1.807, 2.05) is 0 Å². The smallest absolute Gasteiger partial charge is 0.122 e. The molecule has 0 spiro atoms. The molecular formula is C7H13BrO3. The van der Waals surface area contributed by atoms with E-state index >= 15 is 0 Å². The summed E-state index contributed by atoms with van der Waals surface area (Å²) in [6.45, 7) is 2.38. The van der Waals surface area contributed by atoms with Crippen LogP contribution >= 0.6 is 15.9 Å². The van der Waals surface area contributed by atoms with E-state index in [1.54, 1.807) is 0 Å². The second-order valence-electron chi connectivity index (χ2n) is 1.87. The van der Waals surface area contributed by atoms with Crippen molar-refractivity contribution < 1.29 is 14.3 Å². The molecule has 11 heavy (non-hydrogen) atoms. The molecule has 0 atom stereocenters. The lowest BCUT2D eigenvalue weighted by molar-refractivity contribution is -0.108. The predicted molar refractivity (Wildman–Crippen MR) is 46.1 cm³/mol. The van der Waals surface area contributed by atoms with Crippen molar-refractivity contribution in [2.45, 2.75) is 6.42 Å². The SMILES string of the molecule is O=CCCOCCOCCBr. The second kappa shape index (κ2) is 10.1. The first kappa shape index (κ1) is 11.1. The number of hydrogen-bond donors (Lipinski definition) is 0. The van der Waals surface area contributed by atoms with Gasteiger partial charge in [-0.1, -0.05) is 15.9 Å². The summed E-state index contributed by atoms with van der Waals surface area (Å²) in [4.78, 5) is 9.82. The minimum atomic E-state index is 0.471. The average molecular weight is 225 g/mol. The molecule has 0 aliphatic carbocycles. The number of aldehydes is 1. The fourth-order valence-corrected chi connectivity index (χ4v) is 0.737. The van der Waals surface area contributed by atoms with Crippen LogP contribution in [0.2, 0.25) is 0 Å². The van der Waals surface area contributed by atoms with Crippen molar-refractivity contribution >= 4 is 22.2 Å². The number of rotatable bonds is 8. The molecule has 0 aromatic heterocycles. The Balaban J connectivity index is 2.74. The van der Waals surface area contributed by atoms with E-state index in [9.17, 15) is 4.79 Å². The van der Waals surface area contributed by atoms with Crippen molar-refractivity contribution in [1.29, 1.82) is 0 Å². The van der Waals surface area contributed by atoms with Crippen LogP contribution in [-0.2, 0) is 14.3 Å². The molecule has 0 aliphatic rings. The molecule has 0 aromatic carbocycles. The Hall–Kier alpha value is 0.0700. The van der Waals surface area contributed by atoms with Gasteiger partial charge in [-0.25, -0.2) is 0 Å². The number of hydrogen-bond acceptors (Lipinski definition) is 3. The number of carbonyl (C=O) groups is 1. The Labute approximate surface area is 75.2 Å². The normalized spacial score (nSPS) is 9.91. The Morgan fingerprint density at radius 1 is 1.09 bits per heavy atom. The standard InChI is InChI=1S/C7H13BrO3/c8-2-5-11-7-6-10-4-1-3-9/h3H,1-2,4-7H2. The van der Waals surface area contributed by atoms with Crippen LogP contribution in [0.1, 0.15) is 6.42 Å². The molecule has 0 rings (SSSR count). The van der Waals surface area contributed by atoms with Gasteiger partial charge in [0.1, 0.15) is 6.29 Å². The van der Waals surface area contributed by atoms with Crippen LogP contribution in [0.4, 0.5) is 0 Å². The van der Waals surface area contributed by atoms with Crippen molar-refractivity contribution in [1.82, 2.24) is 0 Å². The minimum absolute atomic E-state index is 0.471. The van der Waals surface area contributed by atoms with E-state index in [4.69, 9.17) is 9.47 Å². The van der Waals surface area contributed by atoms with Gasteiger partial charge in [-0.05, 0) is 0 Å². The van der Waals surface area contributed by atoms with Crippen LogP contribution in [0.5, 0.6) is 0 Å². The molecule has 0 saturated heterocycles. The van der Waals surface area contributed by atoms with E-state index < -0.39 is 0 Å². The molecule has 0 saturated carbocycles. The van der Waals surface area contributed by atoms with Gasteiger partial charge in [-0.15, -0.1) is 0 Å². The first-order valence-electron chi connectivity index (χ1n) is 3.57. The zero-order valence-corrected chi connectivity index (χ0v) is 8.01. The van der Waals surface area contributed by atoms with Crippen molar-refractivity contribution in [3.63, 3.8) is 0 Å². The maximum atomic E-state index is 9.82. The maximum Gasteiger partial charge on any atom is 0.122 e. The van der Waals surface area contributed by atoms with Crippen LogP contribution in [0.25, 0.3) is 0 Å². The third-order valence-electron chi connectivity index (χ3n) is 0.974. The van der Waals surface area contributed by atoms with E-state index in [0.717, 1.165) is 11.6 Å². The van der Waals surface area contributed by atoms with Crippen LogP contribution in [0, 0.1) is 0 Å². The van der Waals surface area contributed by atoms with Gasteiger partial charge >= 0.3 is 0 Å². The lowest BCUT2D eigenvalue weighted by Gasteiger charge is -2.01. The summed E-state index contributed by atoms with van der Waals surface area (Å²) >= 11 is 3.23. The summed E-state index contributed by atoms with van der Waals surface area (Å²) < 4.78 is 10.2. The van der Waals surface area contributed by atoms with Crippen molar-refractivity contribution in [3.8, 4) is 0 Å². The van der Waals surface area contributed by atoms with E-state index in [-0.39, 0.29) is 0 Å². The zero-order chi connectivity index (χ0) is 8.36. The third kappa shape index (κ3) is 10.1. The summed E-state index contributed by atoms with van der Waals surface area (Å²) in [5.41, 5.74) is 0. The van der Waals surface area contributed by atoms with E-state index in [2.05, 4.69) is 15.9 Å². The van der Waals surface area contributed by atoms with Gasteiger partial charge in [0.15, 0.2) is 0 Å². The molecule has 4 heteroatoms. The number of alkyl halides is 1. The Kier molecular flexibility index (Phi) is 10.1. The highest BCUT2D eigenvalue weighted by molar-refractivity contribution is 9.09. The lowest BCUT2D eigenvalue weighted by atomic mass is 10.5. The average Bonchev–Trinajstić information content (AvgIpc) is 2.03. The lowest BCUT2D eigenvalue weighted by Crippen LogP contribution is -2.06. The minimum Gasteiger partial charge on any atom is -0.379 e. The summed E-state index contributed by atoms with van der Waals surface area (Å²) in [5.74, 6) is 0. The Morgan fingerprint density at radius 2 is 1.73 bits per heavy atom. The molecule has 0 N–H and O–H groups in total. The summed E-state index contributed by atoms with van der Waals surface area (Å²) in [5, 5.41) is 0.849. The highest BCUT2D eigenvalue weighted by Crippen LogP contribution is 1.83. The summed E-state index contributed by atoms with van der Waals surface area (Å²) in [6, 6.07) is 0. The van der Waals surface area contributed by atoms with Gasteiger partial charge in [0.05, 0.1) is 26.4 Å². The van der Waals surface area contributed by atoms with Crippen molar-refractivity contribution in [2.24, 2.45) is 0 Å². The molecule has 0 aromatic rings. The Morgan fingerprint density at radius 3 is 2.27 bits per heavy atom. The third-order valence-corrected chi connectivity index (χ3v) is 1.30. The van der Waals surface area contributed by atoms with Crippen molar-refractivity contribution in [2.75, 3.05) is 31.8 Å². The molecule has 3 nitrogen and oxygen atoms in total. The van der Waals surface area contributed by atoms with Gasteiger partial charge in [0.25, 0.3) is 0 Å². The number of halogens is 1. The summed E-state index contributed by atoms with van der Waals surface area (Å²) in [6.07, 6.45) is 1.32. The molecule has 0 unspecified atom stereocenters. The molecule has 0 heterocycles. The van der Waals surface area contributed by atoms with Crippen LogP contribution in [0.15, 0.2) is 0 Å². The first-order chi connectivity index (χ1) is 5.41. The van der Waals surface area contributed by atoms with Gasteiger partial charge in [-0.3, -0.25) is 0 Å².